The Morgan fingerprint density at radius 2 is 2.25 bits per heavy atom. The van der Waals surface area contributed by atoms with Crippen molar-refractivity contribution in [2.75, 3.05) is 12.4 Å². The fraction of sp³-hybridized carbons (Fsp3) is 0.250. The zero-order valence-corrected chi connectivity index (χ0v) is 7.07. The molecule has 0 aliphatic carbocycles. The molecule has 0 aliphatic heterocycles. The van der Waals surface area contributed by atoms with E-state index in [1.54, 1.807) is 6.20 Å². The molecule has 62 valence electrons. The predicted molar refractivity (Wildman–Crippen MR) is 47.3 cm³/mol. The topological polar surface area (TPSA) is 42.2 Å². The molecule has 0 saturated heterocycles. The van der Waals surface area contributed by atoms with Crippen LogP contribution in [0.25, 0.3) is 5.65 Å². The maximum Gasteiger partial charge on any atom is 0.157 e. The van der Waals surface area contributed by atoms with Crippen LogP contribution in [0.1, 0.15) is 5.69 Å². The fourth-order valence-corrected chi connectivity index (χ4v) is 1.12. The average molecular weight is 162 g/mol. The van der Waals surface area contributed by atoms with E-state index in [1.807, 2.05) is 30.8 Å². The van der Waals surface area contributed by atoms with Gasteiger partial charge in [-0.1, -0.05) is 0 Å². The number of hydrogen-bond acceptors (Lipinski definition) is 3. The molecule has 2 aromatic heterocycles. The molecule has 2 heterocycles. The van der Waals surface area contributed by atoms with Crippen molar-refractivity contribution in [2.45, 2.75) is 6.92 Å². The average Bonchev–Trinajstić information content (AvgIpc) is 2.46. The summed E-state index contributed by atoms with van der Waals surface area (Å²) in [5.74, 6) is 0.863. The third kappa shape index (κ3) is 1.01. The highest BCUT2D eigenvalue weighted by Gasteiger charge is 1.98. The van der Waals surface area contributed by atoms with Gasteiger partial charge >= 0.3 is 0 Å². The highest BCUT2D eigenvalue weighted by Crippen LogP contribution is 2.07. The van der Waals surface area contributed by atoms with Crippen LogP contribution >= 0.6 is 0 Å². The molecule has 0 radical (unpaired) electrons. The molecule has 0 amide bonds. The molecule has 0 aliphatic rings. The van der Waals surface area contributed by atoms with Crippen LogP contribution in [0.3, 0.4) is 0 Å². The van der Waals surface area contributed by atoms with Gasteiger partial charge < -0.3 is 9.72 Å². The third-order valence-electron chi connectivity index (χ3n) is 1.73. The van der Waals surface area contributed by atoms with E-state index in [0.29, 0.717) is 0 Å². The first-order valence-electron chi connectivity index (χ1n) is 3.79. The molecule has 4 nitrogen and oxygen atoms in total. The molecule has 12 heavy (non-hydrogen) atoms. The molecule has 0 aromatic carbocycles. The minimum absolute atomic E-state index is 0.863. The number of rotatable bonds is 1. The number of hydrogen-bond donors (Lipinski definition) is 1. The summed E-state index contributed by atoms with van der Waals surface area (Å²) in [4.78, 5) is 8.41. The van der Waals surface area contributed by atoms with E-state index >= 15 is 0 Å². The quantitative estimate of drug-likeness (QED) is 0.682. The van der Waals surface area contributed by atoms with E-state index in [9.17, 15) is 0 Å². The standard InChI is InChI=1S/C8H10N4/c1-6-4-12-5-7(9-2)11-8(12)3-10-6/h3-5,9H,1-2H3. The molecular formula is C8H10N4. The molecule has 2 aromatic rings. The van der Waals surface area contributed by atoms with Crippen LogP contribution in [0.2, 0.25) is 0 Å². The van der Waals surface area contributed by atoms with Crippen LogP contribution in [-0.2, 0) is 0 Å². The number of aryl methyl sites for hydroxylation is 1. The summed E-state index contributed by atoms with van der Waals surface area (Å²) in [5, 5.41) is 2.98. The highest BCUT2D eigenvalue weighted by molar-refractivity contribution is 5.46. The maximum absolute atomic E-state index is 4.26. The minimum Gasteiger partial charge on any atom is -0.372 e. The maximum atomic E-state index is 4.26. The molecule has 4 heteroatoms. The first-order valence-corrected chi connectivity index (χ1v) is 3.79. The molecule has 0 bridgehead atoms. The fourth-order valence-electron chi connectivity index (χ4n) is 1.12. The van der Waals surface area contributed by atoms with Gasteiger partial charge in [0.2, 0.25) is 0 Å². The van der Waals surface area contributed by atoms with Crippen molar-refractivity contribution >= 4 is 11.5 Å². The van der Waals surface area contributed by atoms with E-state index < -0.39 is 0 Å². The molecule has 1 N–H and O–H groups in total. The zero-order chi connectivity index (χ0) is 8.55. The van der Waals surface area contributed by atoms with Gasteiger partial charge in [0.15, 0.2) is 5.65 Å². The molecule has 0 spiro atoms. The lowest BCUT2D eigenvalue weighted by Crippen LogP contribution is -1.87. The van der Waals surface area contributed by atoms with Gasteiger partial charge in [0.05, 0.1) is 18.1 Å². The van der Waals surface area contributed by atoms with E-state index in [0.717, 1.165) is 17.2 Å². The van der Waals surface area contributed by atoms with E-state index in [1.165, 1.54) is 0 Å². The number of nitrogens with zero attached hydrogens (tertiary/aromatic N) is 3. The summed E-state index contributed by atoms with van der Waals surface area (Å²) in [6, 6.07) is 0. The van der Waals surface area contributed by atoms with Crippen molar-refractivity contribution < 1.29 is 0 Å². The summed E-state index contributed by atoms with van der Waals surface area (Å²) in [5.41, 5.74) is 1.85. The Bertz CT molecular complexity index is 404. The molecule has 0 saturated carbocycles. The Hall–Kier alpha value is -1.58. The Morgan fingerprint density at radius 3 is 3.00 bits per heavy atom. The van der Waals surface area contributed by atoms with Gasteiger partial charge in [0.25, 0.3) is 0 Å². The minimum atomic E-state index is 0.863. The van der Waals surface area contributed by atoms with Crippen molar-refractivity contribution in [1.29, 1.82) is 0 Å². The van der Waals surface area contributed by atoms with Crippen LogP contribution in [0.15, 0.2) is 18.6 Å². The van der Waals surface area contributed by atoms with Crippen LogP contribution in [0, 0.1) is 6.92 Å². The van der Waals surface area contributed by atoms with Crippen LogP contribution in [0.4, 0.5) is 5.82 Å². The second-order valence-electron chi connectivity index (χ2n) is 2.67. The van der Waals surface area contributed by atoms with Gasteiger partial charge in [-0.25, -0.2) is 4.98 Å². The number of aromatic nitrogens is 3. The van der Waals surface area contributed by atoms with Crippen LogP contribution in [-0.4, -0.2) is 21.4 Å². The first kappa shape index (κ1) is 7.09. The summed E-state index contributed by atoms with van der Waals surface area (Å²) >= 11 is 0. The Labute approximate surface area is 70.3 Å². The van der Waals surface area contributed by atoms with Crippen molar-refractivity contribution in [3.05, 3.63) is 24.3 Å². The van der Waals surface area contributed by atoms with E-state index in [-0.39, 0.29) is 0 Å². The van der Waals surface area contributed by atoms with Crippen molar-refractivity contribution in [2.24, 2.45) is 0 Å². The van der Waals surface area contributed by atoms with Gasteiger partial charge in [0, 0.05) is 13.2 Å². The van der Waals surface area contributed by atoms with Crippen LogP contribution < -0.4 is 5.32 Å². The lowest BCUT2D eigenvalue weighted by Gasteiger charge is -1.92. The molecule has 0 unspecified atom stereocenters. The smallest absolute Gasteiger partial charge is 0.157 e. The summed E-state index contributed by atoms with van der Waals surface area (Å²) in [6.45, 7) is 1.96. The number of anilines is 1. The van der Waals surface area contributed by atoms with E-state index in [2.05, 4.69) is 15.3 Å². The second-order valence-corrected chi connectivity index (χ2v) is 2.67. The van der Waals surface area contributed by atoms with Gasteiger partial charge in [-0.05, 0) is 6.92 Å². The lowest BCUT2D eigenvalue weighted by atomic mass is 10.5. The molecular weight excluding hydrogens is 152 g/mol. The summed E-state index contributed by atoms with van der Waals surface area (Å²) in [6.07, 6.45) is 5.64. The Kier molecular flexibility index (Phi) is 1.46. The first-order chi connectivity index (χ1) is 5.79. The number of nitrogens with one attached hydrogen (secondary N) is 1. The Morgan fingerprint density at radius 1 is 1.42 bits per heavy atom. The SMILES string of the molecule is CNc1cn2cc(C)ncc2n1. The zero-order valence-electron chi connectivity index (χ0n) is 7.07. The summed E-state index contributed by atoms with van der Waals surface area (Å²) in [7, 11) is 1.85. The second kappa shape index (κ2) is 2.48. The van der Waals surface area contributed by atoms with Gasteiger partial charge in [0.1, 0.15) is 5.82 Å². The predicted octanol–water partition coefficient (Wildman–Crippen LogP) is 1.08. The van der Waals surface area contributed by atoms with Crippen LogP contribution in [0.5, 0.6) is 0 Å². The third-order valence-corrected chi connectivity index (χ3v) is 1.73. The molecule has 0 atom stereocenters. The molecule has 0 fully saturated rings. The monoisotopic (exact) mass is 162 g/mol. The van der Waals surface area contributed by atoms with Gasteiger partial charge in [-0.15, -0.1) is 0 Å². The molecule has 2 rings (SSSR count). The normalized spacial score (nSPS) is 10.5. The van der Waals surface area contributed by atoms with E-state index in [4.69, 9.17) is 0 Å². The van der Waals surface area contributed by atoms with Crippen molar-refractivity contribution in [3.8, 4) is 0 Å². The summed E-state index contributed by atoms with van der Waals surface area (Å²) < 4.78 is 1.95. The largest absolute Gasteiger partial charge is 0.372 e. The number of imidazole rings is 1. The highest BCUT2D eigenvalue weighted by atomic mass is 15.1. The van der Waals surface area contributed by atoms with Gasteiger partial charge in [-0.3, -0.25) is 4.98 Å². The van der Waals surface area contributed by atoms with Crippen molar-refractivity contribution in [1.82, 2.24) is 14.4 Å². The lowest BCUT2D eigenvalue weighted by molar-refractivity contribution is 1.07. The van der Waals surface area contributed by atoms with Crippen molar-refractivity contribution in [3.63, 3.8) is 0 Å². The number of fused-ring (bicyclic) bond motifs is 1. The Balaban J connectivity index is 2.67. The van der Waals surface area contributed by atoms with Gasteiger partial charge in [-0.2, -0.15) is 0 Å².